The molecular formula is C11H12ClN5OS. The third kappa shape index (κ3) is 3.62. The van der Waals surface area contributed by atoms with E-state index in [-0.39, 0.29) is 11.7 Å². The molecule has 8 heteroatoms. The molecule has 0 aliphatic rings. The maximum Gasteiger partial charge on any atom is 0.234 e. The standard InChI is InChI=1S/C11H12ClN5OS/c1-7-2-3-8(4-9(7)12)15-10(18)5-19-11-16-14-6-17(11)13/h2-4,6H,5,13H2,1H3,(H,15,18). The van der Waals surface area contributed by atoms with Crippen LogP contribution < -0.4 is 11.2 Å². The Bertz CT molecular complexity index is 601. The molecule has 2 rings (SSSR count). The van der Waals surface area contributed by atoms with Crippen LogP contribution in [0.5, 0.6) is 0 Å². The molecule has 1 aromatic heterocycles. The molecule has 0 atom stereocenters. The van der Waals surface area contributed by atoms with Crippen LogP contribution in [-0.2, 0) is 4.79 Å². The normalized spacial score (nSPS) is 10.4. The topological polar surface area (TPSA) is 85.8 Å². The Kier molecular flexibility index (Phi) is 4.28. The van der Waals surface area contributed by atoms with Gasteiger partial charge in [0.25, 0.3) is 0 Å². The fourth-order valence-corrected chi connectivity index (χ4v) is 2.15. The Hall–Kier alpha value is -1.73. The minimum atomic E-state index is -0.159. The van der Waals surface area contributed by atoms with Gasteiger partial charge in [0.1, 0.15) is 6.33 Å². The Morgan fingerprint density at radius 1 is 1.58 bits per heavy atom. The highest BCUT2D eigenvalue weighted by Crippen LogP contribution is 2.20. The van der Waals surface area contributed by atoms with E-state index in [9.17, 15) is 4.79 Å². The summed E-state index contributed by atoms with van der Waals surface area (Å²) >= 11 is 7.19. The number of carbonyl (C=O) groups is 1. The number of amides is 1. The summed E-state index contributed by atoms with van der Waals surface area (Å²) in [5, 5.41) is 11.2. The van der Waals surface area contributed by atoms with Crippen LogP contribution in [0.2, 0.25) is 5.02 Å². The van der Waals surface area contributed by atoms with E-state index in [0.29, 0.717) is 15.9 Å². The molecule has 1 aromatic carbocycles. The number of rotatable bonds is 4. The number of nitrogens with zero attached hydrogens (tertiary/aromatic N) is 3. The number of nitrogens with one attached hydrogen (secondary N) is 1. The number of nitrogens with two attached hydrogens (primary N) is 1. The first-order chi connectivity index (χ1) is 9.06. The highest BCUT2D eigenvalue weighted by Gasteiger charge is 2.08. The zero-order valence-corrected chi connectivity index (χ0v) is 11.7. The molecular weight excluding hydrogens is 286 g/mol. The number of aromatic nitrogens is 3. The Morgan fingerprint density at radius 3 is 3.00 bits per heavy atom. The van der Waals surface area contributed by atoms with Crippen LogP contribution in [0.4, 0.5) is 5.69 Å². The lowest BCUT2D eigenvalue weighted by atomic mass is 10.2. The number of aryl methyl sites for hydroxylation is 1. The van der Waals surface area contributed by atoms with E-state index >= 15 is 0 Å². The first kappa shape index (κ1) is 13.7. The number of anilines is 1. The van der Waals surface area contributed by atoms with Crippen molar-refractivity contribution >= 4 is 35.0 Å². The molecule has 0 radical (unpaired) electrons. The van der Waals surface area contributed by atoms with Crippen molar-refractivity contribution in [1.29, 1.82) is 0 Å². The molecule has 0 fully saturated rings. The monoisotopic (exact) mass is 297 g/mol. The van der Waals surface area contributed by atoms with Crippen LogP contribution in [0.15, 0.2) is 29.7 Å². The van der Waals surface area contributed by atoms with Crippen molar-refractivity contribution in [3.63, 3.8) is 0 Å². The van der Waals surface area contributed by atoms with Gasteiger partial charge in [-0.05, 0) is 24.6 Å². The minimum Gasteiger partial charge on any atom is -0.336 e. The van der Waals surface area contributed by atoms with E-state index in [0.717, 1.165) is 5.56 Å². The van der Waals surface area contributed by atoms with Gasteiger partial charge >= 0.3 is 0 Å². The average Bonchev–Trinajstić information content (AvgIpc) is 2.77. The van der Waals surface area contributed by atoms with Crippen molar-refractivity contribution in [3.8, 4) is 0 Å². The van der Waals surface area contributed by atoms with E-state index in [1.54, 1.807) is 12.1 Å². The Balaban J connectivity index is 1.91. The van der Waals surface area contributed by atoms with Gasteiger partial charge in [0.2, 0.25) is 11.1 Å². The van der Waals surface area contributed by atoms with E-state index in [2.05, 4.69) is 15.5 Å². The molecule has 0 spiro atoms. The van der Waals surface area contributed by atoms with Gasteiger partial charge in [0, 0.05) is 10.7 Å². The second-order valence-electron chi connectivity index (χ2n) is 3.82. The third-order valence-electron chi connectivity index (χ3n) is 2.33. The number of carbonyl (C=O) groups excluding carboxylic acids is 1. The van der Waals surface area contributed by atoms with Crippen molar-refractivity contribution in [2.75, 3.05) is 16.9 Å². The summed E-state index contributed by atoms with van der Waals surface area (Å²) in [6.07, 6.45) is 1.37. The van der Waals surface area contributed by atoms with Crippen LogP contribution in [0.3, 0.4) is 0 Å². The number of benzene rings is 1. The average molecular weight is 298 g/mol. The summed E-state index contributed by atoms with van der Waals surface area (Å²) in [7, 11) is 0. The zero-order chi connectivity index (χ0) is 13.8. The number of thioether (sulfide) groups is 1. The van der Waals surface area contributed by atoms with Crippen molar-refractivity contribution in [2.45, 2.75) is 12.1 Å². The molecule has 3 N–H and O–H groups in total. The minimum absolute atomic E-state index is 0.159. The number of hydrogen-bond donors (Lipinski definition) is 2. The van der Waals surface area contributed by atoms with Gasteiger partial charge in [-0.15, -0.1) is 10.2 Å². The van der Waals surface area contributed by atoms with E-state index < -0.39 is 0 Å². The lowest BCUT2D eigenvalue weighted by molar-refractivity contribution is -0.113. The summed E-state index contributed by atoms with van der Waals surface area (Å²) in [6, 6.07) is 5.36. The molecule has 0 aliphatic heterocycles. The number of halogens is 1. The van der Waals surface area contributed by atoms with Crippen LogP contribution in [0.25, 0.3) is 0 Å². The summed E-state index contributed by atoms with van der Waals surface area (Å²) < 4.78 is 1.26. The van der Waals surface area contributed by atoms with Gasteiger partial charge in [0.15, 0.2) is 0 Å². The van der Waals surface area contributed by atoms with E-state index in [1.165, 1.54) is 22.8 Å². The highest BCUT2D eigenvalue weighted by atomic mass is 35.5. The SMILES string of the molecule is Cc1ccc(NC(=O)CSc2nncn2N)cc1Cl. The maximum absolute atomic E-state index is 11.7. The first-order valence-corrected chi connectivity index (χ1v) is 6.76. The fourth-order valence-electron chi connectivity index (χ4n) is 1.33. The predicted octanol–water partition coefficient (Wildman–Crippen LogP) is 1.68. The molecule has 0 bridgehead atoms. The Morgan fingerprint density at radius 2 is 2.37 bits per heavy atom. The molecule has 1 heterocycles. The van der Waals surface area contributed by atoms with Crippen LogP contribution in [0.1, 0.15) is 5.56 Å². The molecule has 100 valence electrons. The molecule has 19 heavy (non-hydrogen) atoms. The van der Waals surface area contributed by atoms with E-state index in [1.807, 2.05) is 13.0 Å². The molecule has 0 saturated heterocycles. The fraction of sp³-hybridized carbons (Fsp3) is 0.182. The van der Waals surface area contributed by atoms with Gasteiger partial charge in [-0.2, -0.15) is 0 Å². The predicted molar refractivity (Wildman–Crippen MR) is 75.7 cm³/mol. The maximum atomic E-state index is 11.7. The highest BCUT2D eigenvalue weighted by molar-refractivity contribution is 7.99. The van der Waals surface area contributed by atoms with Gasteiger partial charge < -0.3 is 11.2 Å². The molecule has 0 unspecified atom stereocenters. The number of hydrogen-bond acceptors (Lipinski definition) is 5. The number of nitrogen functional groups attached to an aromatic ring is 1. The smallest absolute Gasteiger partial charge is 0.234 e. The van der Waals surface area contributed by atoms with Crippen molar-refractivity contribution in [2.24, 2.45) is 0 Å². The van der Waals surface area contributed by atoms with Crippen LogP contribution >= 0.6 is 23.4 Å². The summed E-state index contributed by atoms with van der Waals surface area (Å²) in [4.78, 5) is 11.7. The van der Waals surface area contributed by atoms with Gasteiger partial charge in [-0.1, -0.05) is 29.4 Å². The summed E-state index contributed by atoms with van der Waals surface area (Å²) in [6.45, 7) is 1.90. The molecule has 1 amide bonds. The lowest BCUT2D eigenvalue weighted by Crippen LogP contribution is -2.15. The van der Waals surface area contributed by atoms with Crippen molar-refractivity contribution in [3.05, 3.63) is 35.1 Å². The lowest BCUT2D eigenvalue weighted by Gasteiger charge is -2.06. The molecule has 6 nitrogen and oxygen atoms in total. The second-order valence-corrected chi connectivity index (χ2v) is 5.17. The second kappa shape index (κ2) is 5.94. The van der Waals surface area contributed by atoms with Crippen LogP contribution in [-0.4, -0.2) is 26.5 Å². The van der Waals surface area contributed by atoms with Gasteiger partial charge in [0.05, 0.1) is 5.75 Å². The zero-order valence-electron chi connectivity index (χ0n) is 10.1. The summed E-state index contributed by atoms with van der Waals surface area (Å²) in [5.41, 5.74) is 1.63. The van der Waals surface area contributed by atoms with Crippen molar-refractivity contribution in [1.82, 2.24) is 14.9 Å². The third-order valence-corrected chi connectivity index (χ3v) is 3.69. The molecule has 0 aliphatic carbocycles. The molecule has 0 saturated carbocycles. The van der Waals surface area contributed by atoms with Crippen molar-refractivity contribution < 1.29 is 4.79 Å². The summed E-state index contributed by atoms with van der Waals surface area (Å²) in [5.74, 6) is 5.57. The van der Waals surface area contributed by atoms with Gasteiger partial charge in [-0.25, -0.2) is 4.68 Å². The first-order valence-electron chi connectivity index (χ1n) is 5.40. The Labute approximate surface area is 119 Å². The van der Waals surface area contributed by atoms with Gasteiger partial charge in [-0.3, -0.25) is 4.79 Å². The van der Waals surface area contributed by atoms with Crippen LogP contribution in [0, 0.1) is 6.92 Å². The van der Waals surface area contributed by atoms with E-state index in [4.69, 9.17) is 17.4 Å². The molecule has 2 aromatic rings. The largest absolute Gasteiger partial charge is 0.336 e. The quantitative estimate of drug-likeness (QED) is 0.662.